The lowest BCUT2D eigenvalue weighted by molar-refractivity contribution is -0.364. The number of nitrogens with one attached hydrogen (secondary N) is 1. The van der Waals surface area contributed by atoms with Gasteiger partial charge in [0.15, 0.2) is 18.2 Å². The summed E-state index contributed by atoms with van der Waals surface area (Å²) in [5.74, 6) is -1.77. The molecule has 0 aliphatic carbocycles. The van der Waals surface area contributed by atoms with Gasteiger partial charge in [-0.2, -0.15) is 0 Å². The molecule has 0 bridgehead atoms. The predicted octanol–water partition coefficient (Wildman–Crippen LogP) is -0.708. The van der Waals surface area contributed by atoms with E-state index in [9.17, 15) is 14.7 Å². The fourth-order valence-corrected chi connectivity index (χ4v) is 2.56. The Bertz CT molecular complexity index is 425. The Hall–Kier alpha value is -1.22. The van der Waals surface area contributed by atoms with Crippen LogP contribution in [0.1, 0.15) is 27.7 Å². The van der Waals surface area contributed by atoms with Crippen LogP contribution >= 0.6 is 0 Å². The SMILES string of the molecule is CC(=O)N[C@H]1C(O)O[C@@H]2COC(C)(C)O[C@H]2[C@@H]1OC(C)=O. The number of hydrogen-bond acceptors (Lipinski definition) is 7. The minimum Gasteiger partial charge on any atom is -0.457 e. The molecule has 0 aromatic carbocycles. The molecule has 0 saturated carbocycles. The number of carbonyl (C=O) groups excluding carboxylic acids is 2. The summed E-state index contributed by atoms with van der Waals surface area (Å²) in [6, 6.07) is -0.901. The van der Waals surface area contributed by atoms with Crippen LogP contribution in [-0.2, 0) is 28.5 Å². The minimum atomic E-state index is -1.31. The molecule has 2 saturated heterocycles. The lowest BCUT2D eigenvalue weighted by atomic mass is 9.95. The Morgan fingerprint density at radius 1 is 1.33 bits per heavy atom. The van der Waals surface area contributed by atoms with Gasteiger partial charge in [-0.05, 0) is 13.8 Å². The molecule has 0 aromatic rings. The summed E-state index contributed by atoms with van der Waals surface area (Å²) in [6.07, 6.45) is -3.39. The van der Waals surface area contributed by atoms with Crippen LogP contribution in [0, 0.1) is 0 Å². The lowest BCUT2D eigenvalue weighted by Crippen LogP contribution is -2.68. The Morgan fingerprint density at radius 3 is 2.57 bits per heavy atom. The molecule has 1 amide bonds. The topological polar surface area (TPSA) is 103 Å². The van der Waals surface area contributed by atoms with Crippen molar-refractivity contribution in [3.8, 4) is 0 Å². The molecule has 2 rings (SSSR count). The van der Waals surface area contributed by atoms with Crippen LogP contribution < -0.4 is 5.32 Å². The van der Waals surface area contributed by atoms with Gasteiger partial charge in [-0.1, -0.05) is 0 Å². The fraction of sp³-hybridized carbons (Fsp3) is 0.846. The first-order chi connectivity index (χ1) is 9.69. The lowest BCUT2D eigenvalue weighted by Gasteiger charge is -2.49. The maximum absolute atomic E-state index is 11.3. The van der Waals surface area contributed by atoms with Gasteiger partial charge in [0, 0.05) is 13.8 Å². The highest BCUT2D eigenvalue weighted by Gasteiger charge is 2.52. The van der Waals surface area contributed by atoms with Crippen LogP contribution in [0.25, 0.3) is 0 Å². The van der Waals surface area contributed by atoms with Crippen molar-refractivity contribution in [2.75, 3.05) is 6.61 Å². The van der Waals surface area contributed by atoms with Gasteiger partial charge >= 0.3 is 5.97 Å². The van der Waals surface area contributed by atoms with E-state index in [2.05, 4.69) is 5.32 Å². The van der Waals surface area contributed by atoms with Crippen molar-refractivity contribution >= 4 is 11.9 Å². The number of aliphatic hydroxyl groups is 1. The number of carbonyl (C=O) groups is 2. The maximum atomic E-state index is 11.3. The molecule has 0 spiro atoms. The number of rotatable bonds is 2. The van der Waals surface area contributed by atoms with E-state index in [1.165, 1.54) is 13.8 Å². The van der Waals surface area contributed by atoms with Crippen LogP contribution in [0.3, 0.4) is 0 Å². The Labute approximate surface area is 122 Å². The summed E-state index contributed by atoms with van der Waals surface area (Å²) < 4.78 is 21.9. The highest BCUT2D eigenvalue weighted by atomic mass is 16.7. The molecular formula is C13H21NO7. The van der Waals surface area contributed by atoms with Gasteiger partial charge in [-0.25, -0.2) is 0 Å². The standard InChI is InChI=1S/C13H21NO7/c1-6(15)14-9-11(19-7(2)16)10-8(20-12(9)17)5-18-13(3,4)21-10/h8-12,17H,5H2,1-4H3,(H,14,15)/t8-,9-,10-,11-,12?/m1/s1. The smallest absolute Gasteiger partial charge is 0.303 e. The fourth-order valence-electron chi connectivity index (χ4n) is 2.56. The van der Waals surface area contributed by atoms with Crippen LogP contribution in [0.2, 0.25) is 0 Å². The molecule has 5 atom stereocenters. The third-order valence-corrected chi connectivity index (χ3v) is 3.35. The summed E-state index contributed by atoms with van der Waals surface area (Å²) in [4.78, 5) is 22.6. The van der Waals surface area contributed by atoms with E-state index >= 15 is 0 Å². The highest BCUT2D eigenvalue weighted by molar-refractivity contribution is 5.73. The van der Waals surface area contributed by atoms with E-state index in [0.717, 1.165) is 0 Å². The van der Waals surface area contributed by atoms with E-state index in [0.29, 0.717) is 0 Å². The number of esters is 1. The average Bonchev–Trinajstić information content (AvgIpc) is 2.33. The van der Waals surface area contributed by atoms with Crippen molar-refractivity contribution in [1.29, 1.82) is 0 Å². The molecule has 0 radical (unpaired) electrons. The van der Waals surface area contributed by atoms with Gasteiger partial charge in [-0.3, -0.25) is 9.59 Å². The maximum Gasteiger partial charge on any atom is 0.303 e. The molecule has 2 heterocycles. The first-order valence-electron chi connectivity index (χ1n) is 6.79. The van der Waals surface area contributed by atoms with Gasteiger partial charge in [-0.15, -0.1) is 0 Å². The molecule has 2 N–H and O–H groups in total. The first-order valence-corrected chi connectivity index (χ1v) is 6.79. The Kier molecular flexibility index (Phi) is 4.52. The zero-order valence-corrected chi connectivity index (χ0v) is 12.5. The molecule has 8 heteroatoms. The highest BCUT2D eigenvalue weighted by Crippen LogP contribution is 2.33. The number of amides is 1. The summed E-state index contributed by atoms with van der Waals surface area (Å²) in [7, 11) is 0. The van der Waals surface area contributed by atoms with Crippen LogP contribution in [0.15, 0.2) is 0 Å². The number of aliphatic hydroxyl groups excluding tert-OH is 1. The number of fused-ring (bicyclic) bond motifs is 1. The van der Waals surface area contributed by atoms with Crippen molar-refractivity contribution in [3.05, 3.63) is 0 Å². The van der Waals surface area contributed by atoms with Crippen LogP contribution in [0.5, 0.6) is 0 Å². The zero-order chi connectivity index (χ0) is 15.8. The van der Waals surface area contributed by atoms with Gasteiger partial charge in [0.1, 0.15) is 18.2 Å². The summed E-state index contributed by atoms with van der Waals surface area (Å²) in [5.41, 5.74) is 0. The third kappa shape index (κ3) is 3.70. The summed E-state index contributed by atoms with van der Waals surface area (Å²) >= 11 is 0. The Morgan fingerprint density at radius 2 is 2.00 bits per heavy atom. The first kappa shape index (κ1) is 16.2. The van der Waals surface area contributed by atoms with Crippen molar-refractivity contribution < 1.29 is 33.6 Å². The summed E-state index contributed by atoms with van der Waals surface area (Å²) in [6.45, 7) is 6.21. The van der Waals surface area contributed by atoms with E-state index in [4.69, 9.17) is 18.9 Å². The quantitative estimate of drug-likeness (QED) is 0.650. The monoisotopic (exact) mass is 303 g/mol. The molecule has 2 fully saturated rings. The van der Waals surface area contributed by atoms with Crippen LogP contribution in [0.4, 0.5) is 0 Å². The minimum absolute atomic E-state index is 0.194. The van der Waals surface area contributed by atoms with E-state index in [-0.39, 0.29) is 12.5 Å². The van der Waals surface area contributed by atoms with Crippen molar-refractivity contribution in [1.82, 2.24) is 5.32 Å². The van der Waals surface area contributed by atoms with Crippen molar-refractivity contribution in [2.24, 2.45) is 0 Å². The van der Waals surface area contributed by atoms with Crippen molar-refractivity contribution in [2.45, 2.75) is 64.1 Å². The second-order valence-corrected chi connectivity index (χ2v) is 5.66. The average molecular weight is 303 g/mol. The second-order valence-electron chi connectivity index (χ2n) is 5.66. The van der Waals surface area contributed by atoms with Crippen LogP contribution in [-0.4, -0.2) is 60.0 Å². The molecule has 120 valence electrons. The summed E-state index contributed by atoms with van der Waals surface area (Å²) in [5, 5.41) is 12.6. The zero-order valence-electron chi connectivity index (χ0n) is 12.5. The van der Waals surface area contributed by atoms with Gasteiger partial charge in [0.2, 0.25) is 5.91 Å². The molecular weight excluding hydrogens is 282 g/mol. The Balaban J connectivity index is 2.25. The number of ether oxygens (including phenoxy) is 4. The second kappa shape index (κ2) is 5.88. The molecule has 8 nitrogen and oxygen atoms in total. The van der Waals surface area contributed by atoms with E-state index in [1.54, 1.807) is 13.8 Å². The molecule has 21 heavy (non-hydrogen) atoms. The normalized spacial score (nSPS) is 38.2. The van der Waals surface area contributed by atoms with Gasteiger partial charge in [0.05, 0.1) is 6.61 Å². The van der Waals surface area contributed by atoms with Gasteiger partial charge in [0.25, 0.3) is 0 Å². The third-order valence-electron chi connectivity index (χ3n) is 3.35. The molecule has 1 unspecified atom stereocenters. The van der Waals surface area contributed by atoms with Gasteiger partial charge < -0.3 is 29.4 Å². The predicted molar refractivity (Wildman–Crippen MR) is 68.9 cm³/mol. The number of hydrogen-bond donors (Lipinski definition) is 2. The molecule has 0 aromatic heterocycles. The molecule has 2 aliphatic heterocycles. The van der Waals surface area contributed by atoms with E-state index in [1.807, 2.05) is 0 Å². The van der Waals surface area contributed by atoms with Crippen molar-refractivity contribution in [3.63, 3.8) is 0 Å². The molecule has 2 aliphatic rings. The van der Waals surface area contributed by atoms with E-state index < -0.39 is 42.4 Å². The largest absolute Gasteiger partial charge is 0.457 e.